The van der Waals surface area contributed by atoms with E-state index >= 15 is 0 Å². The molecule has 3 aromatic rings. The van der Waals surface area contributed by atoms with Gasteiger partial charge >= 0.3 is 5.76 Å². The van der Waals surface area contributed by atoms with Gasteiger partial charge in [0.1, 0.15) is 6.10 Å². The maximum absolute atomic E-state index is 11.1. The van der Waals surface area contributed by atoms with Crippen LogP contribution in [0.2, 0.25) is 5.02 Å². The molecule has 5 heteroatoms. The molecule has 1 atom stereocenters. The molecule has 0 aliphatic rings. The third-order valence-electron chi connectivity index (χ3n) is 2.96. The number of hydrogen-bond acceptors (Lipinski definition) is 3. The summed E-state index contributed by atoms with van der Waals surface area (Å²) in [6, 6.07) is 12.1. The van der Waals surface area contributed by atoms with E-state index in [9.17, 15) is 9.90 Å². The van der Waals surface area contributed by atoms with Gasteiger partial charge in [-0.3, -0.25) is 4.98 Å². The summed E-state index contributed by atoms with van der Waals surface area (Å²) >= 11 is 6.05. The lowest BCUT2D eigenvalue weighted by molar-refractivity contribution is 0.220. The second-order valence-electron chi connectivity index (χ2n) is 4.19. The summed E-state index contributed by atoms with van der Waals surface area (Å²) < 4.78 is 4.97. The Morgan fingerprint density at radius 1 is 1.21 bits per heavy atom. The van der Waals surface area contributed by atoms with E-state index in [2.05, 4.69) is 4.98 Å². The van der Waals surface area contributed by atoms with Crippen LogP contribution in [-0.2, 0) is 0 Å². The number of halogens is 1. The third kappa shape index (κ3) is 2.16. The van der Waals surface area contributed by atoms with Crippen LogP contribution < -0.4 is 5.76 Å². The molecule has 1 heterocycles. The molecule has 1 aromatic heterocycles. The molecule has 0 bridgehead atoms. The number of oxazole rings is 1. The maximum Gasteiger partial charge on any atom is 0.417 e. The van der Waals surface area contributed by atoms with E-state index in [4.69, 9.17) is 16.0 Å². The lowest BCUT2D eigenvalue weighted by Crippen LogP contribution is -2.00. The SMILES string of the molecule is O=c1[nH]c2ccc(C(O)c3ccccc3Cl)cc2o1. The predicted molar refractivity (Wildman–Crippen MR) is 72.3 cm³/mol. The summed E-state index contributed by atoms with van der Waals surface area (Å²) in [4.78, 5) is 13.6. The molecular weight excluding hydrogens is 266 g/mol. The highest BCUT2D eigenvalue weighted by molar-refractivity contribution is 6.31. The molecular formula is C14H10ClNO3. The van der Waals surface area contributed by atoms with Crippen LogP contribution in [0.1, 0.15) is 17.2 Å². The fourth-order valence-corrected chi connectivity index (χ4v) is 2.25. The minimum absolute atomic E-state index is 0.411. The van der Waals surface area contributed by atoms with Gasteiger partial charge in [0.2, 0.25) is 0 Å². The highest BCUT2D eigenvalue weighted by Gasteiger charge is 2.14. The molecule has 0 radical (unpaired) electrons. The zero-order valence-electron chi connectivity index (χ0n) is 9.76. The van der Waals surface area contributed by atoms with Crippen molar-refractivity contribution in [3.63, 3.8) is 0 Å². The number of nitrogens with one attached hydrogen (secondary N) is 1. The fourth-order valence-electron chi connectivity index (χ4n) is 2.01. The van der Waals surface area contributed by atoms with Crippen LogP contribution in [0.15, 0.2) is 51.7 Å². The van der Waals surface area contributed by atoms with Crippen LogP contribution in [0.4, 0.5) is 0 Å². The van der Waals surface area contributed by atoms with Gasteiger partial charge in [-0.1, -0.05) is 35.9 Å². The summed E-state index contributed by atoms with van der Waals surface area (Å²) in [5.74, 6) is -0.514. The molecule has 0 fully saturated rings. The minimum atomic E-state index is -0.863. The Bertz CT molecular complexity index is 790. The molecule has 0 aliphatic carbocycles. The second kappa shape index (κ2) is 4.57. The number of aliphatic hydroxyl groups excluding tert-OH is 1. The third-order valence-corrected chi connectivity index (χ3v) is 3.30. The Kier molecular flexibility index (Phi) is 2.89. The Hall–Kier alpha value is -2.04. The number of rotatable bonds is 2. The van der Waals surface area contributed by atoms with E-state index < -0.39 is 11.9 Å². The molecule has 2 aromatic carbocycles. The minimum Gasteiger partial charge on any atom is -0.408 e. The molecule has 3 rings (SSSR count). The lowest BCUT2D eigenvalue weighted by Gasteiger charge is -2.12. The number of hydrogen-bond donors (Lipinski definition) is 2. The summed E-state index contributed by atoms with van der Waals surface area (Å²) in [5.41, 5.74) is 2.23. The highest BCUT2D eigenvalue weighted by Crippen LogP contribution is 2.29. The van der Waals surface area contributed by atoms with Crippen molar-refractivity contribution in [2.45, 2.75) is 6.10 Å². The topological polar surface area (TPSA) is 66.2 Å². The van der Waals surface area contributed by atoms with E-state index in [1.807, 2.05) is 0 Å². The molecule has 0 aliphatic heterocycles. The maximum atomic E-state index is 11.1. The number of benzene rings is 2. The molecule has 19 heavy (non-hydrogen) atoms. The van der Waals surface area contributed by atoms with E-state index in [0.29, 0.717) is 27.2 Å². The zero-order valence-corrected chi connectivity index (χ0v) is 10.5. The van der Waals surface area contributed by atoms with Crippen molar-refractivity contribution in [2.75, 3.05) is 0 Å². The van der Waals surface area contributed by atoms with Crippen molar-refractivity contribution >= 4 is 22.7 Å². The average Bonchev–Trinajstić information content (AvgIpc) is 2.77. The number of fused-ring (bicyclic) bond motifs is 1. The van der Waals surface area contributed by atoms with Crippen molar-refractivity contribution < 1.29 is 9.52 Å². The molecule has 0 spiro atoms. The second-order valence-corrected chi connectivity index (χ2v) is 4.60. The van der Waals surface area contributed by atoms with E-state index in [1.165, 1.54) is 0 Å². The summed E-state index contributed by atoms with van der Waals surface area (Å²) in [5, 5.41) is 10.8. The monoisotopic (exact) mass is 275 g/mol. The first kappa shape index (κ1) is 12.0. The van der Waals surface area contributed by atoms with Crippen LogP contribution in [0.3, 0.4) is 0 Å². The molecule has 1 unspecified atom stereocenters. The summed E-state index contributed by atoms with van der Waals surface area (Å²) in [6.45, 7) is 0. The summed E-state index contributed by atoms with van der Waals surface area (Å²) in [6.07, 6.45) is -0.863. The van der Waals surface area contributed by atoms with Gasteiger partial charge in [0.15, 0.2) is 5.58 Å². The van der Waals surface area contributed by atoms with Crippen LogP contribution in [0.5, 0.6) is 0 Å². The van der Waals surface area contributed by atoms with Gasteiger partial charge in [-0.25, -0.2) is 4.79 Å². The largest absolute Gasteiger partial charge is 0.417 e. The smallest absolute Gasteiger partial charge is 0.408 e. The van der Waals surface area contributed by atoms with E-state index in [0.717, 1.165) is 0 Å². The van der Waals surface area contributed by atoms with Gasteiger partial charge in [-0.05, 0) is 23.8 Å². The molecule has 0 saturated heterocycles. The normalized spacial score (nSPS) is 12.7. The van der Waals surface area contributed by atoms with Crippen LogP contribution in [-0.4, -0.2) is 10.1 Å². The molecule has 96 valence electrons. The number of H-pyrrole nitrogens is 1. The summed E-state index contributed by atoms with van der Waals surface area (Å²) in [7, 11) is 0. The Labute approximate surface area is 113 Å². The molecule has 2 N–H and O–H groups in total. The fraction of sp³-hybridized carbons (Fsp3) is 0.0714. The highest BCUT2D eigenvalue weighted by atomic mass is 35.5. The van der Waals surface area contributed by atoms with Gasteiger partial charge in [-0.15, -0.1) is 0 Å². The van der Waals surface area contributed by atoms with Crippen molar-refractivity contribution in [1.82, 2.24) is 4.98 Å². The molecule has 0 amide bonds. The van der Waals surface area contributed by atoms with Gasteiger partial charge in [0.05, 0.1) is 5.52 Å². The Balaban J connectivity index is 2.08. The Morgan fingerprint density at radius 2 is 2.00 bits per heavy atom. The van der Waals surface area contributed by atoms with Crippen LogP contribution >= 0.6 is 11.6 Å². The first-order chi connectivity index (χ1) is 9.15. The van der Waals surface area contributed by atoms with Crippen LogP contribution in [0.25, 0.3) is 11.1 Å². The van der Waals surface area contributed by atoms with E-state index in [-0.39, 0.29) is 0 Å². The Morgan fingerprint density at radius 3 is 2.79 bits per heavy atom. The number of aromatic nitrogens is 1. The number of aliphatic hydroxyl groups is 1. The standard InChI is InChI=1S/C14H10ClNO3/c15-10-4-2-1-3-9(10)13(17)8-5-6-11-12(7-8)19-14(18)16-11/h1-7,13,17H,(H,16,18). The van der Waals surface area contributed by atoms with Gasteiger partial charge in [-0.2, -0.15) is 0 Å². The first-order valence-corrected chi connectivity index (χ1v) is 6.08. The van der Waals surface area contributed by atoms with Crippen molar-refractivity contribution in [3.05, 3.63) is 69.2 Å². The van der Waals surface area contributed by atoms with Gasteiger partial charge in [0.25, 0.3) is 0 Å². The van der Waals surface area contributed by atoms with Crippen molar-refractivity contribution in [3.8, 4) is 0 Å². The van der Waals surface area contributed by atoms with Crippen molar-refractivity contribution in [1.29, 1.82) is 0 Å². The zero-order chi connectivity index (χ0) is 13.4. The van der Waals surface area contributed by atoms with Crippen molar-refractivity contribution in [2.24, 2.45) is 0 Å². The molecule has 0 saturated carbocycles. The number of aromatic amines is 1. The lowest BCUT2D eigenvalue weighted by atomic mass is 10.0. The first-order valence-electron chi connectivity index (χ1n) is 5.70. The average molecular weight is 276 g/mol. The van der Waals surface area contributed by atoms with Gasteiger partial charge in [0, 0.05) is 10.6 Å². The van der Waals surface area contributed by atoms with Crippen LogP contribution in [0, 0.1) is 0 Å². The predicted octanol–water partition coefficient (Wildman–Crippen LogP) is 2.86. The quantitative estimate of drug-likeness (QED) is 0.756. The molecule has 4 nitrogen and oxygen atoms in total. The van der Waals surface area contributed by atoms with Gasteiger partial charge < -0.3 is 9.52 Å². The van der Waals surface area contributed by atoms with E-state index in [1.54, 1.807) is 42.5 Å².